The topological polar surface area (TPSA) is 86.3 Å². The first-order valence-electron chi connectivity index (χ1n) is 5.50. The van der Waals surface area contributed by atoms with Gasteiger partial charge in [0.05, 0.1) is 9.85 Å². The Hall–Kier alpha value is -3.04. The summed E-state index contributed by atoms with van der Waals surface area (Å²) in [6, 6.07) is 3.68. The minimum absolute atomic E-state index is 0.531. The monoisotopic (exact) mass is 316 g/mol. The summed E-state index contributed by atoms with van der Waals surface area (Å²) in [5.41, 5.74) is -3.96. The third-order valence-corrected chi connectivity index (χ3v) is 2.77. The zero-order valence-electron chi connectivity index (χ0n) is 10.3. The van der Waals surface area contributed by atoms with Gasteiger partial charge < -0.3 is 0 Å². The molecule has 0 bridgehead atoms. The van der Waals surface area contributed by atoms with Crippen LogP contribution in [0.5, 0.6) is 0 Å². The second-order valence-electron chi connectivity index (χ2n) is 4.04. The highest BCUT2D eigenvalue weighted by molar-refractivity contribution is 5.76. The van der Waals surface area contributed by atoms with Crippen molar-refractivity contribution in [2.45, 2.75) is 0 Å². The number of hydrogen-bond acceptors (Lipinski definition) is 4. The van der Waals surface area contributed by atoms with E-state index in [0.717, 1.165) is 18.2 Å². The lowest BCUT2D eigenvalue weighted by atomic mass is 10.0. The summed E-state index contributed by atoms with van der Waals surface area (Å²) in [7, 11) is 0. The van der Waals surface area contributed by atoms with Gasteiger partial charge in [-0.15, -0.1) is 0 Å². The van der Waals surface area contributed by atoms with Gasteiger partial charge in [-0.3, -0.25) is 20.2 Å². The first kappa shape index (κ1) is 15.4. The molecule has 2 aromatic carbocycles. The van der Waals surface area contributed by atoms with E-state index in [9.17, 15) is 37.8 Å². The predicted molar refractivity (Wildman–Crippen MR) is 65.0 cm³/mol. The Bertz CT molecular complexity index is 810. The van der Waals surface area contributed by atoms with Crippen LogP contribution in [0.4, 0.5) is 28.9 Å². The maximum absolute atomic E-state index is 13.8. The van der Waals surface area contributed by atoms with Crippen LogP contribution in [0.3, 0.4) is 0 Å². The van der Waals surface area contributed by atoms with Crippen LogP contribution in [0.2, 0.25) is 0 Å². The predicted octanol–water partition coefficient (Wildman–Crippen LogP) is 3.73. The molecule has 2 rings (SSSR count). The van der Waals surface area contributed by atoms with Crippen molar-refractivity contribution in [3.63, 3.8) is 0 Å². The van der Waals surface area contributed by atoms with E-state index in [1.165, 1.54) is 0 Å². The van der Waals surface area contributed by atoms with E-state index >= 15 is 0 Å². The van der Waals surface area contributed by atoms with Crippen molar-refractivity contribution < 1.29 is 27.4 Å². The molecule has 0 radical (unpaired) electrons. The quantitative estimate of drug-likeness (QED) is 0.284. The largest absolute Gasteiger partial charge is 0.318 e. The first-order valence-corrected chi connectivity index (χ1v) is 5.50. The standard InChI is InChI=1S/C12H4F4N2O4/c13-8-7(5-2-1-3-6(4-5)17(19)20)12(18(21)22)11(16)10(15)9(8)14/h1-4H. The third-order valence-electron chi connectivity index (χ3n) is 2.77. The van der Waals surface area contributed by atoms with Crippen LogP contribution in [-0.4, -0.2) is 9.85 Å². The van der Waals surface area contributed by atoms with Crippen LogP contribution in [0, 0.1) is 43.5 Å². The number of nitro groups is 2. The van der Waals surface area contributed by atoms with Crippen molar-refractivity contribution in [1.29, 1.82) is 0 Å². The Morgan fingerprint density at radius 2 is 1.41 bits per heavy atom. The molecule has 0 aromatic heterocycles. The second-order valence-corrected chi connectivity index (χ2v) is 4.04. The molecule has 0 saturated heterocycles. The second kappa shape index (κ2) is 5.39. The fourth-order valence-corrected chi connectivity index (χ4v) is 1.83. The summed E-state index contributed by atoms with van der Waals surface area (Å²) in [4.78, 5) is 19.2. The van der Waals surface area contributed by atoms with E-state index in [1.54, 1.807) is 0 Å². The lowest BCUT2D eigenvalue weighted by Gasteiger charge is -2.07. The molecule has 0 saturated carbocycles. The van der Waals surface area contributed by atoms with Gasteiger partial charge in [0.25, 0.3) is 5.69 Å². The van der Waals surface area contributed by atoms with E-state index in [1.807, 2.05) is 0 Å². The zero-order valence-corrected chi connectivity index (χ0v) is 10.3. The van der Waals surface area contributed by atoms with Crippen molar-refractivity contribution in [3.8, 4) is 11.1 Å². The van der Waals surface area contributed by atoms with Gasteiger partial charge in [0, 0.05) is 12.1 Å². The molecule has 0 heterocycles. The normalized spacial score (nSPS) is 10.5. The van der Waals surface area contributed by atoms with Gasteiger partial charge in [-0.1, -0.05) is 12.1 Å². The Kier molecular flexibility index (Phi) is 3.76. The van der Waals surface area contributed by atoms with Gasteiger partial charge in [-0.2, -0.15) is 4.39 Å². The smallest absolute Gasteiger partial charge is 0.258 e. The number of benzene rings is 2. The number of halogens is 4. The maximum Gasteiger partial charge on any atom is 0.318 e. The van der Waals surface area contributed by atoms with Crippen molar-refractivity contribution in [3.05, 3.63) is 67.8 Å². The van der Waals surface area contributed by atoms with E-state index in [0.29, 0.717) is 6.07 Å². The van der Waals surface area contributed by atoms with E-state index < -0.39 is 55.6 Å². The van der Waals surface area contributed by atoms with E-state index in [2.05, 4.69) is 0 Å². The molecule has 0 amide bonds. The van der Waals surface area contributed by atoms with Crippen LogP contribution >= 0.6 is 0 Å². The fourth-order valence-electron chi connectivity index (χ4n) is 1.83. The number of rotatable bonds is 3. The van der Waals surface area contributed by atoms with Crippen LogP contribution < -0.4 is 0 Å². The Labute approximate surface area is 118 Å². The molecule has 0 unspecified atom stereocenters. The molecule has 2 aromatic rings. The number of hydrogen-bond donors (Lipinski definition) is 0. The summed E-state index contributed by atoms with van der Waals surface area (Å²) < 4.78 is 53.8. The molecule has 0 aliphatic heterocycles. The van der Waals surface area contributed by atoms with Crippen molar-refractivity contribution in [2.75, 3.05) is 0 Å². The van der Waals surface area contributed by atoms with Gasteiger partial charge in [0.2, 0.25) is 11.6 Å². The molecule has 10 heteroatoms. The van der Waals surface area contributed by atoms with E-state index in [4.69, 9.17) is 0 Å². The van der Waals surface area contributed by atoms with Crippen molar-refractivity contribution in [1.82, 2.24) is 0 Å². The van der Waals surface area contributed by atoms with Crippen LogP contribution in [-0.2, 0) is 0 Å². The molecule has 0 N–H and O–H groups in total. The molecule has 0 aliphatic carbocycles. The molecule has 22 heavy (non-hydrogen) atoms. The lowest BCUT2D eigenvalue weighted by Crippen LogP contribution is -2.06. The molecule has 114 valence electrons. The van der Waals surface area contributed by atoms with Gasteiger partial charge in [0.1, 0.15) is 5.56 Å². The Morgan fingerprint density at radius 1 is 0.818 bits per heavy atom. The highest BCUT2D eigenvalue weighted by atomic mass is 19.2. The summed E-state index contributed by atoms with van der Waals surface area (Å²) in [6.45, 7) is 0. The van der Waals surface area contributed by atoms with Crippen LogP contribution in [0.1, 0.15) is 0 Å². The minimum Gasteiger partial charge on any atom is -0.258 e. The summed E-state index contributed by atoms with van der Waals surface area (Å²) in [5.74, 6) is -8.78. The lowest BCUT2D eigenvalue weighted by molar-refractivity contribution is -0.387. The molecular formula is C12H4F4N2O4. The molecule has 0 atom stereocenters. The molecular weight excluding hydrogens is 312 g/mol. The third kappa shape index (κ3) is 2.34. The Balaban J connectivity index is 2.88. The summed E-state index contributed by atoms with van der Waals surface area (Å²) in [5, 5.41) is 21.5. The maximum atomic E-state index is 13.8. The highest BCUT2D eigenvalue weighted by Crippen LogP contribution is 2.38. The van der Waals surface area contributed by atoms with Crippen molar-refractivity contribution >= 4 is 11.4 Å². The van der Waals surface area contributed by atoms with Gasteiger partial charge in [-0.25, -0.2) is 13.2 Å². The number of non-ortho nitro benzene ring substituents is 1. The average Bonchev–Trinajstić information content (AvgIpc) is 2.48. The SMILES string of the molecule is O=[N+]([O-])c1cccc(-c2c(F)c(F)c(F)c(F)c2[N+](=O)[O-])c1. The molecule has 0 fully saturated rings. The zero-order chi connectivity index (χ0) is 16.6. The number of nitrogens with zero attached hydrogens (tertiary/aromatic N) is 2. The van der Waals surface area contributed by atoms with Crippen molar-refractivity contribution in [2.24, 2.45) is 0 Å². The van der Waals surface area contributed by atoms with Gasteiger partial charge >= 0.3 is 5.69 Å². The minimum atomic E-state index is -2.33. The fraction of sp³-hybridized carbons (Fsp3) is 0. The van der Waals surface area contributed by atoms with Gasteiger partial charge in [0.15, 0.2) is 11.6 Å². The highest BCUT2D eigenvalue weighted by Gasteiger charge is 2.33. The van der Waals surface area contributed by atoms with Crippen LogP contribution in [0.25, 0.3) is 11.1 Å². The average molecular weight is 316 g/mol. The molecule has 0 aliphatic rings. The summed E-state index contributed by atoms with van der Waals surface area (Å²) in [6.07, 6.45) is 0. The van der Waals surface area contributed by atoms with Crippen LogP contribution in [0.15, 0.2) is 24.3 Å². The van der Waals surface area contributed by atoms with E-state index in [-0.39, 0.29) is 0 Å². The Morgan fingerprint density at radius 3 is 1.95 bits per heavy atom. The first-order chi connectivity index (χ1) is 10.3. The number of nitro benzene ring substituents is 2. The molecule has 0 spiro atoms. The van der Waals surface area contributed by atoms with Gasteiger partial charge in [-0.05, 0) is 5.56 Å². The summed E-state index contributed by atoms with van der Waals surface area (Å²) >= 11 is 0. The molecule has 6 nitrogen and oxygen atoms in total.